The number of alkyl halides is 1. The molecule has 0 saturated carbocycles. The minimum absolute atomic E-state index is 0.121. The summed E-state index contributed by atoms with van der Waals surface area (Å²) in [6, 6.07) is 0.595. The molecule has 4 nitrogen and oxygen atoms in total. The summed E-state index contributed by atoms with van der Waals surface area (Å²) in [5, 5.41) is 0. The third-order valence-electron chi connectivity index (χ3n) is 4.09. The summed E-state index contributed by atoms with van der Waals surface area (Å²) in [6.07, 6.45) is 0.432. The van der Waals surface area contributed by atoms with Crippen LogP contribution >= 0.6 is 11.6 Å². The summed E-state index contributed by atoms with van der Waals surface area (Å²) >= 11 is 5.99. The lowest BCUT2D eigenvalue weighted by Crippen LogP contribution is -2.57. The van der Waals surface area contributed by atoms with Crippen molar-refractivity contribution in [3.8, 4) is 0 Å². The Labute approximate surface area is 128 Å². The summed E-state index contributed by atoms with van der Waals surface area (Å²) in [5.74, 6) is 0.559. The highest BCUT2D eigenvalue weighted by molar-refractivity contribution is 6.18. The van der Waals surface area contributed by atoms with Crippen molar-refractivity contribution in [1.29, 1.82) is 0 Å². The van der Waals surface area contributed by atoms with E-state index < -0.39 is 0 Å². The van der Waals surface area contributed by atoms with Crippen LogP contribution in [-0.2, 0) is 9.47 Å². The third-order valence-corrected chi connectivity index (χ3v) is 4.43. The lowest BCUT2D eigenvalue weighted by Gasteiger charge is -2.44. The molecule has 0 aromatic heterocycles. The Morgan fingerprint density at radius 3 is 2.65 bits per heavy atom. The van der Waals surface area contributed by atoms with E-state index >= 15 is 0 Å². The Morgan fingerprint density at radius 1 is 1.25 bits per heavy atom. The Hall–Kier alpha value is 0.130. The predicted molar refractivity (Wildman–Crippen MR) is 82.6 cm³/mol. The molecule has 2 heterocycles. The molecule has 2 saturated heterocycles. The first-order valence-corrected chi connectivity index (χ1v) is 8.25. The number of morpholine rings is 2. The van der Waals surface area contributed by atoms with Crippen molar-refractivity contribution in [3.63, 3.8) is 0 Å². The van der Waals surface area contributed by atoms with Crippen LogP contribution in [0.15, 0.2) is 0 Å². The van der Waals surface area contributed by atoms with Crippen LogP contribution in [0.3, 0.4) is 0 Å². The Bertz CT molecular complexity index is 312. The van der Waals surface area contributed by atoms with Crippen molar-refractivity contribution in [2.45, 2.75) is 51.5 Å². The van der Waals surface area contributed by atoms with Crippen LogP contribution in [0, 0.1) is 0 Å². The maximum Gasteiger partial charge on any atom is 0.0844 e. The first kappa shape index (κ1) is 16.5. The third kappa shape index (κ3) is 4.57. The Morgan fingerprint density at radius 2 is 2.00 bits per heavy atom. The van der Waals surface area contributed by atoms with E-state index in [-0.39, 0.29) is 11.7 Å². The van der Waals surface area contributed by atoms with Gasteiger partial charge in [0.15, 0.2) is 0 Å². The van der Waals surface area contributed by atoms with Gasteiger partial charge in [0.2, 0.25) is 0 Å². The molecule has 118 valence electrons. The molecule has 2 unspecified atom stereocenters. The van der Waals surface area contributed by atoms with Crippen LogP contribution in [0.1, 0.15) is 27.7 Å². The van der Waals surface area contributed by atoms with E-state index in [9.17, 15) is 0 Å². The molecule has 0 spiro atoms. The van der Waals surface area contributed by atoms with Gasteiger partial charge in [-0.15, -0.1) is 11.6 Å². The highest BCUT2D eigenvalue weighted by atomic mass is 35.5. The van der Waals surface area contributed by atoms with Gasteiger partial charge in [0.05, 0.1) is 24.4 Å². The van der Waals surface area contributed by atoms with Gasteiger partial charge in [-0.05, 0) is 27.7 Å². The SMILES string of the molecule is CC(C)N1CCOC(CN2CC(CCl)OC(C)(C)C2)C1. The molecule has 0 aromatic rings. The maximum absolute atomic E-state index is 5.99. The van der Waals surface area contributed by atoms with Gasteiger partial charge < -0.3 is 9.47 Å². The highest BCUT2D eigenvalue weighted by Gasteiger charge is 2.34. The zero-order chi connectivity index (χ0) is 14.8. The van der Waals surface area contributed by atoms with Gasteiger partial charge in [-0.2, -0.15) is 0 Å². The van der Waals surface area contributed by atoms with E-state index in [4.69, 9.17) is 21.1 Å². The van der Waals surface area contributed by atoms with E-state index in [1.807, 2.05) is 0 Å². The topological polar surface area (TPSA) is 24.9 Å². The van der Waals surface area contributed by atoms with E-state index in [0.717, 1.165) is 39.3 Å². The summed E-state index contributed by atoms with van der Waals surface area (Å²) in [5.41, 5.74) is -0.121. The molecule has 2 aliphatic heterocycles. The minimum atomic E-state index is -0.121. The second kappa shape index (κ2) is 6.93. The largest absolute Gasteiger partial charge is 0.374 e. The van der Waals surface area contributed by atoms with Crippen molar-refractivity contribution in [3.05, 3.63) is 0 Å². The minimum Gasteiger partial charge on any atom is -0.374 e. The van der Waals surface area contributed by atoms with Gasteiger partial charge >= 0.3 is 0 Å². The quantitative estimate of drug-likeness (QED) is 0.740. The smallest absolute Gasteiger partial charge is 0.0844 e. The van der Waals surface area contributed by atoms with E-state index in [0.29, 0.717) is 18.0 Å². The molecule has 0 bridgehead atoms. The highest BCUT2D eigenvalue weighted by Crippen LogP contribution is 2.22. The number of halogens is 1. The normalized spacial score (nSPS) is 32.7. The molecule has 0 aromatic carbocycles. The average Bonchev–Trinajstić information content (AvgIpc) is 2.37. The molecule has 2 aliphatic rings. The van der Waals surface area contributed by atoms with Crippen LogP contribution < -0.4 is 0 Å². The molecule has 2 atom stereocenters. The molecule has 0 N–H and O–H groups in total. The number of rotatable bonds is 4. The molecule has 2 rings (SSSR count). The molecular weight excluding hydrogens is 276 g/mol. The van der Waals surface area contributed by atoms with E-state index in [1.165, 1.54) is 0 Å². The standard InChI is InChI=1S/C15H29ClN2O2/c1-12(2)18-5-6-19-14(10-18)9-17-8-13(7-16)20-15(3,4)11-17/h12-14H,5-11H2,1-4H3. The summed E-state index contributed by atoms with van der Waals surface area (Å²) in [6.45, 7) is 14.5. The lowest BCUT2D eigenvalue weighted by molar-refractivity contribution is -0.140. The van der Waals surface area contributed by atoms with Crippen LogP contribution in [0.2, 0.25) is 0 Å². The van der Waals surface area contributed by atoms with E-state index in [2.05, 4.69) is 37.5 Å². The van der Waals surface area contributed by atoms with Crippen molar-refractivity contribution in [2.75, 3.05) is 45.2 Å². The van der Waals surface area contributed by atoms with Crippen LogP contribution in [0.4, 0.5) is 0 Å². The summed E-state index contributed by atoms with van der Waals surface area (Å²) in [4.78, 5) is 4.95. The number of ether oxygens (including phenoxy) is 2. The summed E-state index contributed by atoms with van der Waals surface area (Å²) < 4.78 is 11.9. The predicted octanol–water partition coefficient (Wildman–Crippen LogP) is 1.81. The number of hydrogen-bond acceptors (Lipinski definition) is 4. The number of nitrogens with zero attached hydrogens (tertiary/aromatic N) is 2. The second-order valence-corrected chi connectivity index (χ2v) is 7.24. The van der Waals surface area contributed by atoms with Crippen LogP contribution in [0.25, 0.3) is 0 Å². The van der Waals surface area contributed by atoms with Gasteiger partial charge in [0, 0.05) is 44.6 Å². The van der Waals surface area contributed by atoms with Gasteiger partial charge in [-0.1, -0.05) is 0 Å². The van der Waals surface area contributed by atoms with E-state index in [1.54, 1.807) is 0 Å². The first-order chi connectivity index (χ1) is 9.39. The molecule has 5 heteroatoms. The van der Waals surface area contributed by atoms with Crippen molar-refractivity contribution < 1.29 is 9.47 Å². The fraction of sp³-hybridized carbons (Fsp3) is 1.00. The molecule has 0 amide bonds. The van der Waals surface area contributed by atoms with Crippen LogP contribution in [-0.4, -0.2) is 78.9 Å². The fourth-order valence-corrected chi connectivity index (χ4v) is 3.41. The lowest BCUT2D eigenvalue weighted by atomic mass is 10.0. The van der Waals surface area contributed by atoms with Crippen molar-refractivity contribution >= 4 is 11.6 Å². The fourth-order valence-electron chi connectivity index (χ4n) is 3.25. The number of hydrogen-bond donors (Lipinski definition) is 0. The van der Waals surface area contributed by atoms with Crippen molar-refractivity contribution in [2.24, 2.45) is 0 Å². The van der Waals surface area contributed by atoms with Gasteiger partial charge in [0.1, 0.15) is 0 Å². The molecule has 0 aliphatic carbocycles. The average molecular weight is 305 g/mol. The zero-order valence-electron chi connectivity index (χ0n) is 13.3. The van der Waals surface area contributed by atoms with Crippen LogP contribution in [0.5, 0.6) is 0 Å². The Kier molecular flexibility index (Phi) is 5.71. The second-order valence-electron chi connectivity index (χ2n) is 6.93. The Balaban J connectivity index is 1.88. The molecule has 2 fully saturated rings. The molecule has 20 heavy (non-hydrogen) atoms. The summed E-state index contributed by atoms with van der Waals surface area (Å²) in [7, 11) is 0. The molecule has 0 radical (unpaired) electrons. The monoisotopic (exact) mass is 304 g/mol. The maximum atomic E-state index is 5.99. The first-order valence-electron chi connectivity index (χ1n) is 7.71. The van der Waals surface area contributed by atoms with Gasteiger partial charge in [-0.3, -0.25) is 9.80 Å². The molecular formula is C15H29ClN2O2. The van der Waals surface area contributed by atoms with Gasteiger partial charge in [-0.25, -0.2) is 0 Å². The zero-order valence-corrected chi connectivity index (χ0v) is 14.0. The van der Waals surface area contributed by atoms with Crippen molar-refractivity contribution in [1.82, 2.24) is 9.80 Å². The van der Waals surface area contributed by atoms with Gasteiger partial charge in [0.25, 0.3) is 0 Å².